The maximum Gasteiger partial charge on any atom is 0.224 e. The fourth-order valence-electron chi connectivity index (χ4n) is 2.83. The third kappa shape index (κ3) is 5.55. The Labute approximate surface area is 132 Å². The quantitative estimate of drug-likeness (QED) is 0.640. The molecule has 3 N–H and O–H groups in total. The van der Waals surface area contributed by atoms with Gasteiger partial charge in [0.05, 0.1) is 19.3 Å². The molecule has 0 radical (unpaired) electrons. The van der Waals surface area contributed by atoms with Gasteiger partial charge in [-0.15, -0.1) is 0 Å². The Morgan fingerprint density at radius 1 is 1.41 bits per heavy atom. The van der Waals surface area contributed by atoms with Crippen molar-refractivity contribution in [1.29, 1.82) is 0 Å². The summed E-state index contributed by atoms with van der Waals surface area (Å²) in [6.45, 7) is 7.51. The van der Waals surface area contributed by atoms with Crippen LogP contribution in [0.5, 0.6) is 0 Å². The van der Waals surface area contributed by atoms with Gasteiger partial charge in [-0.25, -0.2) is 0 Å². The summed E-state index contributed by atoms with van der Waals surface area (Å²) in [6.07, 6.45) is 1.51. The van der Waals surface area contributed by atoms with Gasteiger partial charge in [0, 0.05) is 51.6 Å². The molecule has 0 aliphatic carbocycles. The zero-order valence-corrected chi connectivity index (χ0v) is 13.4. The highest BCUT2D eigenvalue weighted by Gasteiger charge is 2.30. The van der Waals surface area contributed by atoms with E-state index in [9.17, 15) is 9.59 Å². The number of morpholine rings is 1. The molecule has 2 aliphatic heterocycles. The molecular weight excluding hydrogens is 284 g/mol. The second-order valence-corrected chi connectivity index (χ2v) is 6.28. The number of carbonyl (C=O) groups is 2. The van der Waals surface area contributed by atoms with Crippen LogP contribution in [0.2, 0.25) is 0 Å². The number of likely N-dealkylation sites (tertiary alicyclic amines) is 1. The normalized spacial score (nSPS) is 24.5. The number of nitrogens with zero attached hydrogens (tertiary/aromatic N) is 2. The average Bonchev–Trinajstić information content (AvgIpc) is 2.84. The van der Waals surface area contributed by atoms with E-state index in [1.165, 1.54) is 0 Å². The summed E-state index contributed by atoms with van der Waals surface area (Å²) < 4.78 is 5.31. The predicted molar refractivity (Wildman–Crippen MR) is 83.3 cm³/mol. The molecular formula is C15H28N4O3. The first-order chi connectivity index (χ1) is 10.5. The lowest BCUT2D eigenvalue weighted by atomic mass is 10.2. The summed E-state index contributed by atoms with van der Waals surface area (Å²) in [5.41, 5.74) is 5.65. The smallest absolute Gasteiger partial charge is 0.224 e. The van der Waals surface area contributed by atoms with E-state index in [4.69, 9.17) is 10.5 Å². The van der Waals surface area contributed by atoms with Gasteiger partial charge in [-0.3, -0.25) is 14.5 Å². The highest BCUT2D eigenvalue weighted by molar-refractivity contribution is 5.82. The Balaban J connectivity index is 1.67. The Kier molecular flexibility index (Phi) is 6.60. The predicted octanol–water partition coefficient (Wildman–Crippen LogP) is -0.837. The van der Waals surface area contributed by atoms with Gasteiger partial charge >= 0.3 is 0 Å². The van der Waals surface area contributed by atoms with Crippen LogP contribution in [0.4, 0.5) is 0 Å². The molecule has 0 aromatic carbocycles. The van der Waals surface area contributed by atoms with Crippen LogP contribution in [0, 0.1) is 0 Å². The maximum absolute atomic E-state index is 12.0. The molecule has 2 amide bonds. The van der Waals surface area contributed by atoms with E-state index in [-0.39, 0.29) is 23.9 Å². The minimum atomic E-state index is -0.0576. The first kappa shape index (κ1) is 17.2. The highest BCUT2D eigenvalue weighted by atomic mass is 16.5. The van der Waals surface area contributed by atoms with Crippen LogP contribution < -0.4 is 11.1 Å². The summed E-state index contributed by atoms with van der Waals surface area (Å²) in [6, 6.07) is -0.0289. The van der Waals surface area contributed by atoms with Gasteiger partial charge in [-0.2, -0.15) is 0 Å². The third-order valence-electron chi connectivity index (χ3n) is 4.20. The highest BCUT2D eigenvalue weighted by Crippen LogP contribution is 2.12. The Bertz CT molecular complexity index is 383. The topological polar surface area (TPSA) is 87.9 Å². The van der Waals surface area contributed by atoms with Crippen LogP contribution in [-0.2, 0) is 14.3 Å². The minimum absolute atomic E-state index is 0.00914. The van der Waals surface area contributed by atoms with Gasteiger partial charge in [0.1, 0.15) is 0 Å². The van der Waals surface area contributed by atoms with Gasteiger partial charge in [-0.1, -0.05) is 0 Å². The summed E-state index contributed by atoms with van der Waals surface area (Å²) in [4.78, 5) is 28.0. The van der Waals surface area contributed by atoms with Crippen molar-refractivity contribution < 1.29 is 14.3 Å². The molecule has 0 aromatic heterocycles. The molecule has 2 saturated heterocycles. The van der Waals surface area contributed by atoms with Crippen molar-refractivity contribution in [3.63, 3.8) is 0 Å². The van der Waals surface area contributed by atoms with Gasteiger partial charge in [0.15, 0.2) is 0 Å². The molecule has 2 unspecified atom stereocenters. The molecule has 126 valence electrons. The van der Waals surface area contributed by atoms with Crippen LogP contribution >= 0.6 is 0 Å². The molecule has 0 bridgehead atoms. The zero-order valence-electron chi connectivity index (χ0n) is 13.4. The van der Waals surface area contributed by atoms with Crippen molar-refractivity contribution in [2.45, 2.75) is 38.3 Å². The molecule has 2 rings (SSSR count). The SMILES string of the molecule is CC(N)CCC(=O)NC1CC(=O)N(CCN2CCOCC2)C1. The van der Waals surface area contributed by atoms with Crippen LogP contribution in [0.1, 0.15) is 26.2 Å². The maximum atomic E-state index is 12.0. The van der Waals surface area contributed by atoms with E-state index in [2.05, 4.69) is 10.2 Å². The Hall–Kier alpha value is -1.18. The van der Waals surface area contributed by atoms with Crippen molar-refractivity contribution >= 4 is 11.8 Å². The molecule has 2 heterocycles. The van der Waals surface area contributed by atoms with Crippen molar-refractivity contribution in [2.24, 2.45) is 5.73 Å². The standard InChI is InChI=1S/C15H28N4O3/c1-12(16)2-3-14(20)17-13-10-15(21)19(11-13)5-4-18-6-8-22-9-7-18/h12-13H,2-11,16H2,1H3,(H,17,20). The van der Waals surface area contributed by atoms with Gasteiger partial charge in [0.25, 0.3) is 0 Å². The van der Waals surface area contributed by atoms with Crippen molar-refractivity contribution in [1.82, 2.24) is 15.1 Å². The average molecular weight is 312 g/mol. The lowest BCUT2D eigenvalue weighted by Crippen LogP contribution is -2.43. The molecule has 2 aliphatic rings. The molecule has 7 heteroatoms. The zero-order chi connectivity index (χ0) is 15.9. The van der Waals surface area contributed by atoms with Gasteiger partial charge in [-0.05, 0) is 13.3 Å². The number of hydrogen-bond donors (Lipinski definition) is 2. The summed E-state index contributed by atoms with van der Waals surface area (Å²) in [7, 11) is 0. The van der Waals surface area contributed by atoms with E-state index in [1.54, 1.807) is 0 Å². The number of hydrogen-bond acceptors (Lipinski definition) is 5. The molecule has 7 nitrogen and oxygen atoms in total. The Morgan fingerprint density at radius 2 is 2.14 bits per heavy atom. The molecule has 0 saturated carbocycles. The fraction of sp³-hybridized carbons (Fsp3) is 0.867. The first-order valence-electron chi connectivity index (χ1n) is 8.17. The molecule has 0 aromatic rings. The lowest BCUT2D eigenvalue weighted by Gasteiger charge is -2.28. The number of carbonyl (C=O) groups excluding carboxylic acids is 2. The Morgan fingerprint density at radius 3 is 2.82 bits per heavy atom. The number of nitrogens with two attached hydrogens (primary N) is 1. The fourth-order valence-corrected chi connectivity index (χ4v) is 2.83. The number of amides is 2. The number of nitrogens with one attached hydrogen (secondary N) is 1. The number of rotatable bonds is 7. The third-order valence-corrected chi connectivity index (χ3v) is 4.20. The van der Waals surface area contributed by atoms with Gasteiger partial charge in [0.2, 0.25) is 11.8 Å². The lowest BCUT2D eigenvalue weighted by molar-refractivity contribution is -0.128. The van der Waals surface area contributed by atoms with Crippen molar-refractivity contribution in [2.75, 3.05) is 45.9 Å². The van der Waals surface area contributed by atoms with Crippen LogP contribution in [0.15, 0.2) is 0 Å². The monoisotopic (exact) mass is 312 g/mol. The van der Waals surface area contributed by atoms with Crippen molar-refractivity contribution in [3.05, 3.63) is 0 Å². The number of ether oxygens (including phenoxy) is 1. The second-order valence-electron chi connectivity index (χ2n) is 6.28. The van der Waals surface area contributed by atoms with E-state index < -0.39 is 0 Å². The summed E-state index contributed by atoms with van der Waals surface area (Å²) in [5.74, 6) is 0.121. The van der Waals surface area contributed by atoms with Crippen LogP contribution in [0.3, 0.4) is 0 Å². The molecule has 0 spiro atoms. The largest absolute Gasteiger partial charge is 0.379 e. The second kappa shape index (κ2) is 8.45. The molecule has 2 fully saturated rings. The van der Waals surface area contributed by atoms with Crippen LogP contribution in [0.25, 0.3) is 0 Å². The van der Waals surface area contributed by atoms with Crippen LogP contribution in [-0.4, -0.2) is 79.6 Å². The minimum Gasteiger partial charge on any atom is -0.379 e. The molecule has 22 heavy (non-hydrogen) atoms. The first-order valence-corrected chi connectivity index (χ1v) is 8.17. The van der Waals surface area contributed by atoms with Crippen molar-refractivity contribution in [3.8, 4) is 0 Å². The summed E-state index contributed by atoms with van der Waals surface area (Å²) in [5, 5.41) is 2.94. The van der Waals surface area contributed by atoms with Gasteiger partial charge < -0.3 is 20.7 Å². The van der Waals surface area contributed by atoms with E-state index in [0.29, 0.717) is 25.8 Å². The van der Waals surface area contributed by atoms with E-state index in [1.807, 2.05) is 11.8 Å². The summed E-state index contributed by atoms with van der Waals surface area (Å²) >= 11 is 0. The molecule has 2 atom stereocenters. The van der Waals surface area contributed by atoms with E-state index >= 15 is 0 Å². The van der Waals surface area contributed by atoms with E-state index in [0.717, 1.165) is 39.4 Å².